The van der Waals surface area contributed by atoms with E-state index < -0.39 is 6.67 Å². The summed E-state index contributed by atoms with van der Waals surface area (Å²) >= 11 is 0. The number of benzene rings is 2. The lowest BCUT2D eigenvalue weighted by Gasteiger charge is -2.42. The summed E-state index contributed by atoms with van der Waals surface area (Å²) in [6.45, 7) is 4.97. The number of alkyl halides is 1. The molecule has 11 heteroatoms. The SMILES string of the molecule is CN1CCN(C2CCN(C(=O)c3ccc(Nc4cc5c(cn4)N(C)C(=O)c4ccccc4N5C)c(OCCF)c3)CC2)CC1. The molecule has 2 amide bonds. The molecular formula is C33H40FN7O3. The van der Waals surface area contributed by atoms with Crippen LogP contribution >= 0.6 is 0 Å². The van der Waals surface area contributed by atoms with Crippen LogP contribution in [0, 0.1) is 0 Å². The Morgan fingerprint density at radius 3 is 2.43 bits per heavy atom. The summed E-state index contributed by atoms with van der Waals surface area (Å²) in [7, 11) is 5.81. The van der Waals surface area contributed by atoms with Crippen molar-refractivity contribution < 1.29 is 18.7 Å². The summed E-state index contributed by atoms with van der Waals surface area (Å²) in [5, 5.41) is 3.29. The molecule has 0 radical (unpaired) electrons. The molecule has 0 bridgehead atoms. The molecule has 1 N–H and O–H groups in total. The number of nitrogens with zero attached hydrogens (tertiary/aromatic N) is 6. The zero-order valence-corrected chi connectivity index (χ0v) is 25.6. The second-order valence-electron chi connectivity index (χ2n) is 11.7. The van der Waals surface area contributed by atoms with E-state index in [0.717, 1.165) is 50.4 Å². The molecule has 44 heavy (non-hydrogen) atoms. The number of para-hydroxylation sites is 1. The van der Waals surface area contributed by atoms with E-state index in [1.54, 1.807) is 36.3 Å². The van der Waals surface area contributed by atoms with E-state index in [4.69, 9.17) is 4.74 Å². The molecule has 3 aliphatic rings. The highest BCUT2D eigenvalue weighted by atomic mass is 19.1. The van der Waals surface area contributed by atoms with Gasteiger partial charge in [0.2, 0.25) is 0 Å². The third-order valence-corrected chi connectivity index (χ3v) is 9.02. The molecule has 4 heterocycles. The Balaban J connectivity index is 1.19. The van der Waals surface area contributed by atoms with Crippen LogP contribution in [-0.2, 0) is 0 Å². The summed E-state index contributed by atoms with van der Waals surface area (Å²) in [4.78, 5) is 41.6. The molecule has 0 aliphatic carbocycles. The van der Waals surface area contributed by atoms with Crippen LogP contribution < -0.4 is 19.9 Å². The summed E-state index contributed by atoms with van der Waals surface area (Å²) in [5.41, 5.74) is 3.94. The van der Waals surface area contributed by atoms with Crippen LogP contribution in [0.2, 0.25) is 0 Å². The predicted octanol–water partition coefficient (Wildman–Crippen LogP) is 4.38. The summed E-state index contributed by atoms with van der Waals surface area (Å²) in [6.07, 6.45) is 3.58. The van der Waals surface area contributed by atoms with E-state index in [-0.39, 0.29) is 18.4 Å². The van der Waals surface area contributed by atoms with Gasteiger partial charge < -0.3 is 29.7 Å². The summed E-state index contributed by atoms with van der Waals surface area (Å²) in [6, 6.07) is 15.1. The third-order valence-electron chi connectivity index (χ3n) is 9.02. The average molecular weight is 602 g/mol. The summed E-state index contributed by atoms with van der Waals surface area (Å²) in [5.74, 6) is 0.739. The fourth-order valence-corrected chi connectivity index (χ4v) is 6.37. The minimum Gasteiger partial charge on any atom is -0.489 e. The number of piperazine rings is 1. The number of nitrogens with one attached hydrogen (secondary N) is 1. The molecule has 2 aromatic carbocycles. The number of piperidine rings is 1. The van der Waals surface area contributed by atoms with Crippen LogP contribution in [0.25, 0.3) is 0 Å². The fourth-order valence-electron chi connectivity index (χ4n) is 6.37. The molecule has 232 valence electrons. The van der Waals surface area contributed by atoms with Gasteiger partial charge in [-0.05, 0) is 50.2 Å². The molecule has 10 nitrogen and oxygen atoms in total. The molecule has 3 aliphatic heterocycles. The Morgan fingerprint density at radius 2 is 1.68 bits per heavy atom. The Bertz CT molecular complexity index is 1520. The van der Waals surface area contributed by atoms with Crippen molar-refractivity contribution in [3.8, 4) is 5.75 Å². The lowest BCUT2D eigenvalue weighted by molar-refractivity contribution is 0.0518. The van der Waals surface area contributed by atoms with Crippen molar-refractivity contribution in [1.82, 2.24) is 19.7 Å². The first-order chi connectivity index (χ1) is 21.3. The number of carbonyl (C=O) groups is 2. The number of fused-ring (bicyclic) bond motifs is 2. The van der Waals surface area contributed by atoms with E-state index in [1.165, 1.54) is 0 Å². The Hall–Kier alpha value is -4.22. The van der Waals surface area contributed by atoms with Gasteiger partial charge in [0.15, 0.2) is 0 Å². The lowest BCUT2D eigenvalue weighted by atomic mass is 10.0. The number of likely N-dealkylation sites (tertiary alicyclic amines) is 1. The van der Waals surface area contributed by atoms with Gasteiger partial charge in [0.1, 0.15) is 24.8 Å². The van der Waals surface area contributed by atoms with Crippen LogP contribution in [0.3, 0.4) is 0 Å². The Morgan fingerprint density at radius 1 is 0.932 bits per heavy atom. The van der Waals surface area contributed by atoms with Crippen molar-refractivity contribution >= 4 is 40.4 Å². The molecule has 2 fully saturated rings. The van der Waals surface area contributed by atoms with Crippen LogP contribution in [0.4, 0.5) is 33.0 Å². The minimum absolute atomic E-state index is 0.0466. The van der Waals surface area contributed by atoms with Gasteiger partial charge in [-0.15, -0.1) is 0 Å². The van der Waals surface area contributed by atoms with Gasteiger partial charge in [-0.2, -0.15) is 0 Å². The first kappa shape index (κ1) is 29.8. The molecular weight excluding hydrogens is 561 g/mol. The number of halogens is 1. The number of amides is 2. The van der Waals surface area contributed by atoms with E-state index in [9.17, 15) is 14.0 Å². The number of likely N-dealkylation sites (N-methyl/N-ethyl adjacent to an activating group) is 1. The van der Waals surface area contributed by atoms with Crippen LogP contribution in [-0.4, -0.2) is 111 Å². The maximum atomic E-state index is 13.5. The first-order valence-corrected chi connectivity index (χ1v) is 15.3. The molecule has 1 aromatic heterocycles. The Labute approximate surface area is 258 Å². The van der Waals surface area contributed by atoms with Crippen LogP contribution in [0.1, 0.15) is 33.6 Å². The molecule has 0 atom stereocenters. The molecule has 6 rings (SSSR count). The van der Waals surface area contributed by atoms with Crippen molar-refractivity contribution in [1.29, 1.82) is 0 Å². The number of hydrogen-bond acceptors (Lipinski definition) is 8. The monoisotopic (exact) mass is 601 g/mol. The maximum Gasteiger partial charge on any atom is 0.260 e. The quantitative estimate of drug-likeness (QED) is 0.427. The number of carbonyl (C=O) groups excluding carboxylic acids is 2. The van der Waals surface area contributed by atoms with Gasteiger partial charge in [0.25, 0.3) is 11.8 Å². The lowest BCUT2D eigenvalue weighted by Crippen LogP contribution is -2.52. The van der Waals surface area contributed by atoms with Gasteiger partial charge in [-0.3, -0.25) is 14.5 Å². The van der Waals surface area contributed by atoms with E-state index in [1.807, 2.05) is 47.2 Å². The highest BCUT2D eigenvalue weighted by Gasteiger charge is 2.30. The number of pyridine rings is 1. The van der Waals surface area contributed by atoms with Crippen molar-refractivity contribution in [3.05, 3.63) is 65.9 Å². The van der Waals surface area contributed by atoms with Crippen molar-refractivity contribution in [3.63, 3.8) is 0 Å². The molecule has 0 unspecified atom stereocenters. The number of aromatic nitrogens is 1. The highest BCUT2D eigenvalue weighted by Crippen LogP contribution is 2.40. The van der Waals surface area contributed by atoms with E-state index >= 15 is 0 Å². The number of rotatable bonds is 7. The van der Waals surface area contributed by atoms with Crippen LogP contribution in [0.15, 0.2) is 54.7 Å². The largest absolute Gasteiger partial charge is 0.489 e. The van der Waals surface area contributed by atoms with Gasteiger partial charge >= 0.3 is 0 Å². The topological polar surface area (TPSA) is 84.5 Å². The highest BCUT2D eigenvalue weighted by molar-refractivity contribution is 6.13. The van der Waals surface area contributed by atoms with Crippen molar-refractivity contribution in [2.75, 3.05) is 88.8 Å². The van der Waals surface area contributed by atoms with E-state index in [0.29, 0.717) is 53.2 Å². The predicted molar refractivity (Wildman–Crippen MR) is 171 cm³/mol. The second kappa shape index (κ2) is 12.8. The van der Waals surface area contributed by atoms with Crippen molar-refractivity contribution in [2.45, 2.75) is 18.9 Å². The third kappa shape index (κ3) is 5.94. The molecule has 0 saturated carbocycles. The normalized spacial score (nSPS) is 18.1. The Kier molecular flexibility index (Phi) is 8.67. The number of anilines is 5. The average Bonchev–Trinajstić information content (AvgIpc) is 3.13. The zero-order chi connectivity index (χ0) is 30.8. The van der Waals surface area contributed by atoms with Gasteiger partial charge in [0, 0.05) is 71.0 Å². The first-order valence-electron chi connectivity index (χ1n) is 15.3. The zero-order valence-electron chi connectivity index (χ0n) is 25.6. The standard InChI is InChI=1S/C33H40FN7O3/c1-37-15-17-40(18-16-37)24-10-13-41(14-11-24)32(42)23-8-9-26(30(20-23)44-19-12-34)36-31-21-28-29(22-35-31)39(3)33(43)25-6-4-5-7-27(25)38(28)2/h4-9,20-22,24H,10-19H2,1-3H3,(H,35,36). The van der Waals surface area contributed by atoms with Gasteiger partial charge in [-0.1, -0.05) is 12.1 Å². The van der Waals surface area contributed by atoms with Gasteiger partial charge in [-0.25, -0.2) is 9.37 Å². The smallest absolute Gasteiger partial charge is 0.260 e. The minimum atomic E-state index is -0.654. The molecule has 0 spiro atoms. The van der Waals surface area contributed by atoms with Gasteiger partial charge in [0.05, 0.1) is 34.5 Å². The number of ether oxygens (including phenoxy) is 1. The summed E-state index contributed by atoms with van der Waals surface area (Å²) < 4.78 is 18.9. The van der Waals surface area contributed by atoms with Crippen LogP contribution in [0.5, 0.6) is 5.75 Å². The molecule has 3 aromatic rings. The molecule has 2 saturated heterocycles. The van der Waals surface area contributed by atoms with Crippen molar-refractivity contribution in [2.24, 2.45) is 0 Å². The fraction of sp³-hybridized carbons (Fsp3) is 0.424. The second-order valence-corrected chi connectivity index (χ2v) is 11.7. The number of hydrogen-bond donors (Lipinski definition) is 1. The van der Waals surface area contributed by atoms with E-state index in [2.05, 4.69) is 27.1 Å². The maximum absolute atomic E-state index is 13.5.